The molecular weight excluding hydrogens is 206 g/mol. The molecule has 0 aromatic rings. The molecule has 0 radical (unpaired) electrons. The summed E-state index contributed by atoms with van der Waals surface area (Å²) in [6.45, 7) is 0. The minimum absolute atomic E-state index is 0. The van der Waals surface area contributed by atoms with Gasteiger partial charge in [0.25, 0.3) is 0 Å². The molecule has 0 heterocycles. The summed E-state index contributed by atoms with van der Waals surface area (Å²) in [5.41, 5.74) is 5.54. The molecule has 1 saturated carbocycles. The van der Waals surface area contributed by atoms with E-state index in [9.17, 15) is 9.59 Å². The largest absolute Gasteiger partial charge is 0.468 e. The zero-order valence-electron chi connectivity index (χ0n) is 8.19. The standard InChI is InChI=1S/C9H15NO3.ClH/c1-13-9(12)7(10)5-6-3-2-4-8(6)11;/h6-7H,2-5,10H2,1H3;1H/t6?,7-;/m0./s1. The predicted octanol–water partition coefficient (Wildman–Crippen LogP) is 0.668. The van der Waals surface area contributed by atoms with Gasteiger partial charge in [-0.3, -0.25) is 9.59 Å². The highest BCUT2D eigenvalue weighted by molar-refractivity contribution is 5.85. The van der Waals surface area contributed by atoms with Crippen molar-refractivity contribution in [3.05, 3.63) is 0 Å². The number of ether oxygens (including phenoxy) is 1. The van der Waals surface area contributed by atoms with Crippen LogP contribution in [0.25, 0.3) is 0 Å². The molecule has 5 heteroatoms. The van der Waals surface area contributed by atoms with Crippen molar-refractivity contribution in [1.29, 1.82) is 0 Å². The van der Waals surface area contributed by atoms with Crippen molar-refractivity contribution in [3.8, 4) is 0 Å². The minimum Gasteiger partial charge on any atom is -0.468 e. The lowest BCUT2D eigenvalue weighted by Crippen LogP contribution is -2.34. The van der Waals surface area contributed by atoms with E-state index >= 15 is 0 Å². The summed E-state index contributed by atoms with van der Waals surface area (Å²) in [5, 5.41) is 0. The molecule has 1 unspecified atom stereocenters. The summed E-state index contributed by atoms with van der Waals surface area (Å²) < 4.78 is 4.48. The van der Waals surface area contributed by atoms with Gasteiger partial charge >= 0.3 is 5.97 Å². The predicted molar refractivity (Wildman–Crippen MR) is 54.2 cm³/mol. The molecule has 0 aliphatic heterocycles. The van der Waals surface area contributed by atoms with Crippen LogP contribution in [0.4, 0.5) is 0 Å². The van der Waals surface area contributed by atoms with Crippen LogP contribution < -0.4 is 5.73 Å². The highest BCUT2D eigenvalue weighted by Gasteiger charge is 2.28. The van der Waals surface area contributed by atoms with Gasteiger partial charge in [-0.1, -0.05) is 0 Å². The Hall–Kier alpha value is -0.610. The maximum atomic E-state index is 11.2. The van der Waals surface area contributed by atoms with Gasteiger partial charge in [-0.15, -0.1) is 12.4 Å². The Kier molecular flexibility index (Phi) is 5.72. The number of esters is 1. The van der Waals surface area contributed by atoms with Gasteiger partial charge in [-0.05, 0) is 19.3 Å². The average molecular weight is 222 g/mol. The molecule has 0 bridgehead atoms. The number of hydrogen-bond acceptors (Lipinski definition) is 4. The normalized spacial score (nSPS) is 22.7. The van der Waals surface area contributed by atoms with Crippen LogP contribution in [-0.4, -0.2) is 24.9 Å². The SMILES string of the molecule is COC(=O)[C@@H](N)CC1CCCC1=O.Cl. The molecule has 4 nitrogen and oxygen atoms in total. The summed E-state index contributed by atoms with van der Waals surface area (Å²) in [6.07, 6.45) is 2.87. The fourth-order valence-corrected chi connectivity index (χ4v) is 1.69. The monoisotopic (exact) mass is 221 g/mol. The molecule has 1 aliphatic carbocycles. The van der Waals surface area contributed by atoms with Crippen molar-refractivity contribution in [2.24, 2.45) is 11.7 Å². The first-order chi connectivity index (χ1) is 6.15. The number of nitrogens with two attached hydrogens (primary N) is 1. The van der Waals surface area contributed by atoms with Gasteiger partial charge in [0.1, 0.15) is 11.8 Å². The van der Waals surface area contributed by atoms with Crippen LogP contribution >= 0.6 is 12.4 Å². The Balaban J connectivity index is 0.00000169. The zero-order valence-corrected chi connectivity index (χ0v) is 9.01. The van der Waals surface area contributed by atoms with Gasteiger partial charge in [0, 0.05) is 12.3 Å². The van der Waals surface area contributed by atoms with Crippen molar-refractivity contribution in [2.75, 3.05) is 7.11 Å². The van der Waals surface area contributed by atoms with Gasteiger partial charge in [-0.2, -0.15) is 0 Å². The second-order valence-electron chi connectivity index (χ2n) is 3.42. The van der Waals surface area contributed by atoms with Gasteiger partial charge < -0.3 is 10.5 Å². The molecule has 2 N–H and O–H groups in total. The third kappa shape index (κ3) is 3.27. The molecule has 1 aliphatic rings. The summed E-state index contributed by atoms with van der Waals surface area (Å²) in [6, 6.07) is -0.642. The van der Waals surface area contributed by atoms with E-state index in [1.807, 2.05) is 0 Å². The Morgan fingerprint density at radius 3 is 2.79 bits per heavy atom. The van der Waals surface area contributed by atoms with Crippen LogP contribution in [0.3, 0.4) is 0 Å². The van der Waals surface area contributed by atoms with E-state index in [0.29, 0.717) is 12.8 Å². The average Bonchev–Trinajstić information content (AvgIpc) is 2.50. The van der Waals surface area contributed by atoms with Crippen LogP contribution in [0.2, 0.25) is 0 Å². The van der Waals surface area contributed by atoms with Crippen molar-refractivity contribution < 1.29 is 14.3 Å². The van der Waals surface area contributed by atoms with Crippen LogP contribution in [0.15, 0.2) is 0 Å². The Morgan fingerprint density at radius 1 is 1.71 bits per heavy atom. The van der Waals surface area contributed by atoms with Gasteiger partial charge in [0.05, 0.1) is 7.11 Å². The fourth-order valence-electron chi connectivity index (χ4n) is 1.69. The Labute approximate surface area is 89.6 Å². The highest BCUT2D eigenvalue weighted by Crippen LogP contribution is 2.25. The first kappa shape index (κ1) is 13.4. The minimum atomic E-state index is -0.642. The summed E-state index contributed by atoms with van der Waals surface area (Å²) in [7, 11) is 1.30. The maximum Gasteiger partial charge on any atom is 0.322 e. The molecule has 0 spiro atoms. The number of ketones is 1. The van der Waals surface area contributed by atoms with E-state index in [4.69, 9.17) is 5.73 Å². The molecule has 0 aromatic heterocycles. The maximum absolute atomic E-state index is 11.2. The van der Waals surface area contributed by atoms with E-state index < -0.39 is 12.0 Å². The number of methoxy groups -OCH3 is 1. The van der Waals surface area contributed by atoms with E-state index in [1.54, 1.807) is 0 Å². The lowest BCUT2D eigenvalue weighted by atomic mass is 9.98. The molecule has 14 heavy (non-hydrogen) atoms. The summed E-state index contributed by atoms with van der Waals surface area (Å²) >= 11 is 0. The third-order valence-electron chi connectivity index (χ3n) is 2.47. The molecule has 2 atom stereocenters. The van der Waals surface area contributed by atoms with Crippen molar-refractivity contribution in [1.82, 2.24) is 0 Å². The first-order valence-corrected chi connectivity index (χ1v) is 4.51. The number of carbonyl (C=O) groups is 2. The quantitative estimate of drug-likeness (QED) is 0.712. The number of hydrogen-bond donors (Lipinski definition) is 1. The zero-order chi connectivity index (χ0) is 9.84. The molecule has 0 saturated heterocycles. The summed E-state index contributed by atoms with van der Waals surface area (Å²) in [5.74, 6) is -0.215. The van der Waals surface area contributed by atoms with E-state index in [-0.39, 0.29) is 24.1 Å². The summed E-state index contributed by atoms with van der Waals surface area (Å²) in [4.78, 5) is 22.2. The van der Waals surface area contributed by atoms with Gasteiger partial charge in [0.2, 0.25) is 0 Å². The first-order valence-electron chi connectivity index (χ1n) is 4.51. The van der Waals surface area contributed by atoms with Crippen LogP contribution in [0.1, 0.15) is 25.7 Å². The number of rotatable bonds is 3. The molecule has 0 amide bonds. The second-order valence-corrected chi connectivity index (χ2v) is 3.42. The van der Waals surface area contributed by atoms with Crippen LogP contribution in [-0.2, 0) is 14.3 Å². The van der Waals surface area contributed by atoms with Gasteiger partial charge in [-0.25, -0.2) is 0 Å². The van der Waals surface area contributed by atoms with Gasteiger partial charge in [0.15, 0.2) is 0 Å². The smallest absolute Gasteiger partial charge is 0.322 e. The Morgan fingerprint density at radius 2 is 2.36 bits per heavy atom. The Bertz CT molecular complexity index is 220. The molecule has 0 aromatic carbocycles. The van der Waals surface area contributed by atoms with Crippen molar-refractivity contribution >= 4 is 24.2 Å². The van der Waals surface area contributed by atoms with Crippen LogP contribution in [0, 0.1) is 5.92 Å². The lowest BCUT2D eigenvalue weighted by molar-refractivity contribution is -0.142. The molecular formula is C9H16ClNO3. The topological polar surface area (TPSA) is 69.4 Å². The van der Waals surface area contributed by atoms with Crippen LogP contribution in [0.5, 0.6) is 0 Å². The molecule has 82 valence electrons. The van der Waals surface area contributed by atoms with E-state index in [0.717, 1.165) is 12.8 Å². The molecule has 1 fully saturated rings. The van der Waals surface area contributed by atoms with E-state index in [1.165, 1.54) is 7.11 Å². The second kappa shape index (κ2) is 5.98. The van der Waals surface area contributed by atoms with Crippen molar-refractivity contribution in [3.63, 3.8) is 0 Å². The lowest BCUT2D eigenvalue weighted by Gasteiger charge is -2.12. The molecule has 1 rings (SSSR count). The van der Waals surface area contributed by atoms with Crippen molar-refractivity contribution in [2.45, 2.75) is 31.7 Å². The third-order valence-corrected chi connectivity index (χ3v) is 2.47. The highest BCUT2D eigenvalue weighted by atomic mass is 35.5. The number of carbonyl (C=O) groups excluding carboxylic acids is 2. The van der Waals surface area contributed by atoms with E-state index in [2.05, 4.69) is 4.74 Å². The number of Topliss-reactive ketones (excluding diaryl/α,β-unsaturated/α-hetero) is 1. The fraction of sp³-hybridized carbons (Fsp3) is 0.778. The number of halogens is 1.